The van der Waals surface area contributed by atoms with Crippen molar-refractivity contribution in [2.75, 3.05) is 25.2 Å². The maximum absolute atomic E-state index is 11.6. The Morgan fingerprint density at radius 2 is 2.05 bits per heavy atom. The Morgan fingerprint density at radius 3 is 2.76 bits per heavy atom. The maximum Gasteiger partial charge on any atom is 0.251 e. The van der Waals surface area contributed by atoms with Crippen LogP contribution in [0.25, 0.3) is 0 Å². The first-order valence-electron chi connectivity index (χ1n) is 6.62. The van der Waals surface area contributed by atoms with Gasteiger partial charge in [-0.05, 0) is 35.9 Å². The van der Waals surface area contributed by atoms with E-state index in [0.717, 1.165) is 17.0 Å². The van der Waals surface area contributed by atoms with Gasteiger partial charge in [0.05, 0.1) is 18.5 Å². The minimum absolute atomic E-state index is 0.139. The van der Waals surface area contributed by atoms with Gasteiger partial charge in [-0.2, -0.15) is 0 Å². The highest BCUT2D eigenvalue weighted by Gasteiger charge is 2.07. The molecule has 5 nitrogen and oxygen atoms in total. The number of ether oxygens (including phenoxy) is 1. The summed E-state index contributed by atoms with van der Waals surface area (Å²) in [5, 5.41) is 5.83. The van der Waals surface area contributed by atoms with E-state index >= 15 is 0 Å². The van der Waals surface area contributed by atoms with Crippen molar-refractivity contribution in [1.29, 1.82) is 0 Å². The van der Waals surface area contributed by atoms with Crippen LogP contribution < -0.4 is 21.1 Å². The summed E-state index contributed by atoms with van der Waals surface area (Å²) in [7, 11) is 3.24. The molecule has 0 fully saturated rings. The average Bonchev–Trinajstić information content (AvgIpc) is 2.53. The summed E-state index contributed by atoms with van der Waals surface area (Å²) >= 11 is 0. The number of carbonyl (C=O) groups is 1. The number of rotatable bonds is 5. The number of hydrogen-bond donors (Lipinski definition) is 3. The van der Waals surface area contributed by atoms with Gasteiger partial charge in [-0.15, -0.1) is 0 Å². The van der Waals surface area contributed by atoms with E-state index in [0.29, 0.717) is 17.8 Å². The predicted molar refractivity (Wildman–Crippen MR) is 84.6 cm³/mol. The van der Waals surface area contributed by atoms with Crippen molar-refractivity contribution in [3.8, 4) is 5.75 Å². The maximum atomic E-state index is 11.6. The fourth-order valence-electron chi connectivity index (χ4n) is 1.97. The molecule has 2 aromatic rings. The monoisotopic (exact) mass is 285 g/mol. The quantitative estimate of drug-likeness (QED) is 0.736. The Kier molecular flexibility index (Phi) is 4.66. The number of nitrogens with one attached hydrogen (secondary N) is 2. The van der Waals surface area contributed by atoms with Gasteiger partial charge in [0, 0.05) is 19.2 Å². The van der Waals surface area contributed by atoms with Gasteiger partial charge < -0.3 is 21.1 Å². The summed E-state index contributed by atoms with van der Waals surface area (Å²) in [6, 6.07) is 12.9. The molecule has 0 bridgehead atoms. The van der Waals surface area contributed by atoms with E-state index in [1.165, 1.54) is 0 Å². The number of carbonyl (C=O) groups excluding carboxylic acids is 1. The topological polar surface area (TPSA) is 76.4 Å². The zero-order chi connectivity index (χ0) is 15.2. The van der Waals surface area contributed by atoms with Crippen molar-refractivity contribution >= 4 is 17.3 Å². The predicted octanol–water partition coefficient (Wildman–Crippen LogP) is 2.25. The number of amides is 1. The molecule has 1 amide bonds. The highest BCUT2D eigenvalue weighted by atomic mass is 16.5. The largest absolute Gasteiger partial charge is 0.497 e. The molecular weight excluding hydrogens is 266 g/mol. The van der Waals surface area contributed by atoms with Gasteiger partial charge >= 0.3 is 0 Å². The number of anilines is 2. The SMILES string of the molecule is CNC(=O)c1ccc(N)c(NCc2cccc(OC)c2)c1. The molecule has 0 saturated heterocycles. The summed E-state index contributed by atoms with van der Waals surface area (Å²) in [6.07, 6.45) is 0. The molecule has 2 aromatic carbocycles. The molecular formula is C16H19N3O2. The normalized spacial score (nSPS) is 10.0. The van der Waals surface area contributed by atoms with Crippen LogP contribution in [0.4, 0.5) is 11.4 Å². The molecule has 2 rings (SSSR count). The summed E-state index contributed by atoms with van der Waals surface area (Å²) < 4.78 is 5.19. The third kappa shape index (κ3) is 3.66. The summed E-state index contributed by atoms with van der Waals surface area (Å²) in [5.41, 5.74) is 8.91. The fraction of sp³-hybridized carbons (Fsp3) is 0.188. The van der Waals surface area contributed by atoms with Gasteiger partial charge in [0.1, 0.15) is 5.75 Å². The highest BCUT2D eigenvalue weighted by Crippen LogP contribution is 2.21. The minimum atomic E-state index is -0.139. The van der Waals surface area contributed by atoms with Crippen LogP contribution in [0.2, 0.25) is 0 Å². The Balaban J connectivity index is 2.13. The second kappa shape index (κ2) is 6.65. The number of methoxy groups -OCH3 is 1. The summed E-state index contributed by atoms with van der Waals surface area (Å²) in [4.78, 5) is 11.6. The zero-order valence-electron chi connectivity index (χ0n) is 12.1. The van der Waals surface area contributed by atoms with E-state index in [1.807, 2.05) is 24.3 Å². The van der Waals surface area contributed by atoms with Crippen LogP contribution in [0.15, 0.2) is 42.5 Å². The highest BCUT2D eigenvalue weighted by molar-refractivity contribution is 5.96. The second-order valence-electron chi connectivity index (χ2n) is 4.59. The zero-order valence-corrected chi connectivity index (χ0v) is 12.1. The van der Waals surface area contributed by atoms with Crippen molar-refractivity contribution in [1.82, 2.24) is 5.32 Å². The number of hydrogen-bond acceptors (Lipinski definition) is 4. The molecule has 5 heteroatoms. The van der Waals surface area contributed by atoms with Gasteiger partial charge in [-0.1, -0.05) is 12.1 Å². The molecule has 0 aliphatic rings. The first-order valence-corrected chi connectivity index (χ1v) is 6.62. The van der Waals surface area contributed by atoms with E-state index in [-0.39, 0.29) is 5.91 Å². The van der Waals surface area contributed by atoms with E-state index in [9.17, 15) is 4.79 Å². The molecule has 0 radical (unpaired) electrons. The lowest BCUT2D eigenvalue weighted by Gasteiger charge is -2.11. The molecule has 21 heavy (non-hydrogen) atoms. The summed E-state index contributed by atoms with van der Waals surface area (Å²) in [6.45, 7) is 0.596. The van der Waals surface area contributed by atoms with Gasteiger partial charge in [-0.25, -0.2) is 0 Å². The van der Waals surface area contributed by atoms with Crippen LogP contribution in [0, 0.1) is 0 Å². The van der Waals surface area contributed by atoms with Crippen LogP contribution in [-0.2, 0) is 6.54 Å². The Morgan fingerprint density at radius 1 is 1.24 bits per heavy atom. The standard InChI is InChI=1S/C16H19N3O2/c1-18-16(20)12-6-7-14(17)15(9-12)19-10-11-4-3-5-13(8-11)21-2/h3-9,19H,10,17H2,1-2H3,(H,18,20). The van der Waals surface area contributed by atoms with E-state index < -0.39 is 0 Å². The second-order valence-corrected chi connectivity index (χ2v) is 4.59. The fourth-order valence-corrected chi connectivity index (χ4v) is 1.97. The first-order chi connectivity index (χ1) is 10.1. The first kappa shape index (κ1) is 14.7. The number of nitrogens with two attached hydrogens (primary N) is 1. The Labute approximate surface area is 124 Å². The lowest BCUT2D eigenvalue weighted by Crippen LogP contribution is -2.18. The van der Waals surface area contributed by atoms with Crippen molar-refractivity contribution < 1.29 is 9.53 Å². The van der Waals surface area contributed by atoms with Crippen molar-refractivity contribution in [2.45, 2.75) is 6.54 Å². The van der Waals surface area contributed by atoms with E-state index in [1.54, 1.807) is 32.4 Å². The molecule has 0 atom stereocenters. The van der Waals surface area contributed by atoms with Gasteiger partial charge in [0.15, 0.2) is 0 Å². The molecule has 0 saturated carbocycles. The Bertz CT molecular complexity index is 641. The number of benzene rings is 2. The molecule has 0 heterocycles. The molecule has 0 aromatic heterocycles. The van der Waals surface area contributed by atoms with Gasteiger partial charge in [0.25, 0.3) is 5.91 Å². The average molecular weight is 285 g/mol. The molecule has 0 unspecified atom stereocenters. The third-order valence-electron chi connectivity index (χ3n) is 3.16. The van der Waals surface area contributed by atoms with E-state index in [2.05, 4.69) is 10.6 Å². The van der Waals surface area contributed by atoms with Crippen LogP contribution in [-0.4, -0.2) is 20.1 Å². The Hall–Kier alpha value is -2.69. The molecule has 4 N–H and O–H groups in total. The molecule has 0 spiro atoms. The van der Waals surface area contributed by atoms with Crippen LogP contribution >= 0.6 is 0 Å². The lowest BCUT2D eigenvalue weighted by molar-refractivity contribution is 0.0963. The van der Waals surface area contributed by atoms with E-state index in [4.69, 9.17) is 10.5 Å². The molecule has 0 aliphatic heterocycles. The third-order valence-corrected chi connectivity index (χ3v) is 3.16. The summed E-state index contributed by atoms with van der Waals surface area (Å²) in [5.74, 6) is 0.667. The minimum Gasteiger partial charge on any atom is -0.497 e. The van der Waals surface area contributed by atoms with Crippen molar-refractivity contribution in [3.63, 3.8) is 0 Å². The van der Waals surface area contributed by atoms with Crippen LogP contribution in [0.5, 0.6) is 5.75 Å². The van der Waals surface area contributed by atoms with Crippen LogP contribution in [0.3, 0.4) is 0 Å². The molecule has 110 valence electrons. The van der Waals surface area contributed by atoms with Crippen molar-refractivity contribution in [3.05, 3.63) is 53.6 Å². The van der Waals surface area contributed by atoms with Gasteiger partial charge in [0.2, 0.25) is 0 Å². The van der Waals surface area contributed by atoms with Crippen molar-refractivity contribution in [2.24, 2.45) is 0 Å². The van der Waals surface area contributed by atoms with Gasteiger partial charge in [-0.3, -0.25) is 4.79 Å². The lowest BCUT2D eigenvalue weighted by atomic mass is 10.1. The molecule has 0 aliphatic carbocycles. The smallest absolute Gasteiger partial charge is 0.251 e. The van der Waals surface area contributed by atoms with Crippen LogP contribution in [0.1, 0.15) is 15.9 Å². The number of nitrogen functional groups attached to an aromatic ring is 1.